The molecule has 0 saturated carbocycles. The van der Waals surface area contributed by atoms with E-state index in [0.717, 1.165) is 6.61 Å². The van der Waals surface area contributed by atoms with Crippen molar-refractivity contribution in [1.29, 1.82) is 0 Å². The van der Waals surface area contributed by atoms with E-state index in [4.69, 9.17) is 4.74 Å². The average molecular weight is 212 g/mol. The molecule has 0 amide bonds. The molecule has 1 fully saturated rings. The van der Waals surface area contributed by atoms with Gasteiger partial charge >= 0.3 is 0 Å². The SMILES string of the molecule is C=CCCCCC1([SiH2]C)CCCCO1. The maximum absolute atomic E-state index is 6.03. The molecular formula is C12H24OSi. The van der Waals surface area contributed by atoms with Crippen molar-refractivity contribution in [3.8, 4) is 0 Å². The highest BCUT2D eigenvalue weighted by molar-refractivity contribution is 6.37. The Balaban J connectivity index is 2.25. The third kappa shape index (κ3) is 3.58. The second kappa shape index (κ2) is 6.41. The van der Waals surface area contributed by atoms with Gasteiger partial charge in [0.1, 0.15) is 0 Å². The van der Waals surface area contributed by atoms with Crippen LogP contribution in [0.2, 0.25) is 6.55 Å². The van der Waals surface area contributed by atoms with Gasteiger partial charge in [-0.05, 0) is 38.5 Å². The van der Waals surface area contributed by atoms with Gasteiger partial charge in [-0.1, -0.05) is 19.0 Å². The predicted octanol–water partition coefficient (Wildman–Crippen LogP) is 2.85. The molecule has 1 atom stereocenters. The lowest BCUT2D eigenvalue weighted by molar-refractivity contribution is -0.0263. The zero-order valence-electron chi connectivity index (χ0n) is 9.56. The fraction of sp³-hybridized carbons (Fsp3) is 0.833. The molecule has 1 unspecified atom stereocenters. The summed E-state index contributed by atoms with van der Waals surface area (Å²) >= 11 is 0. The predicted molar refractivity (Wildman–Crippen MR) is 65.6 cm³/mol. The number of allylic oxidation sites excluding steroid dienone is 1. The molecule has 1 aliphatic heterocycles. The number of rotatable bonds is 6. The van der Waals surface area contributed by atoms with E-state index in [-0.39, 0.29) is 9.52 Å². The summed E-state index contributed by atoms with van der Waals surface area (Å²) in [5.41, 5.74) is 0. The molecule has 1 nitrogen and oxygen atoms in total. The molecular weight excluding hydrogens is 188 g/mol. The van der Waals surface area contributed by atoms with Crippen molar-refractivity contribution in [2.45, 2.75) is 56.7 Å². The van der Waals surface area contributed by atoms with Crippen LogP contribution in [-0.2, 0) is 4.74 Å². The Labute approximate surface area is 90.7 Å². The van der Waals surface area contributed by atoms with Crippen LogP contribution >= 0.6 is 0 Å². The summed E-state index contributed by atoms with van der Waals surface area (Å²) in [7, 11) is -0.0209. The zero-order chi connectivity index (χ0) is 10.3. The van der Waals surface area contributed by atoms with Crippen LogP contribution in [-0.4, -0.2) is 21.4 Å². The molecule has 0 aliphatic carbocycles. The molecule has 1 saturated heterocycles. The highest BCUT2D eigenvalue weighted by Crippen LogP contribution is 2.29. The van der Waals surface area contributed by atoms with E-state index in [1.54, 1.807) is 0 Å². The van der Waals surface area contributed by atoms with E-state index >= 15 is 0 Å². The van der Waals surface area contributed by atoms with Crippen LogP contribution in [0.15, 0.2) is 12.7 Å². The van der Waals surface area contributed by atoms with E-state index in [1.807, 2.05) is 6.08 Å². The summed E-state index contributed by atoms with van der Waals surface area (Å²) in [6, 6.07) is 0. The molecule has 0 aromatic rings. The van der Waals surface area contributed by atoms with Gasteiger partial charge in [0.05, 0.1) is 14.7 Å². The van der Waals surface area contributed by atoms with Crippen LogP contribution in [0, 0.1) is 0 Å². The Bertz CT molecular complexity index is 162. The summed E-state index contributed by atoms with van der Waals surface area (Å²) in [6.45, 7) is 7.18. The van der Waals surface area contributed by atoms with E-state index in [9.17, 15) is 0 Å². The average Bonchev–Trinajstić information content (AvgIpc) is 2.26. The van der Waals surface area contributed by atoms with Gasteiger partial charge in [0, 0.05) is 6.61 Å². The lowest BCUT2D eigenvalue weighted by Gasteiger charge is -2.36. The van der Waals surface area contributed by atoms with Crippen LogP contribution in [0.25, 0.3) is 0 Å². The summed E-state index contributed by atoms with van der Waals surface area (Å²) < 4.78 is 6.03. The van der Waals surface area contributed by atoms with Crippen molar-refractivity contribution in [2.24, 2.45) is 0 Å². The van der Waals surface area contributed by atoms with Crippen molar-refractivity contribution >= 4 is 9.52 Å². The minimum absolute atomic E-state index is 0.0209. The largest absolute Gasteiger partial charge is 0.379 e. The van der Waals surface area contributed by atoms with E-state index in [2.05, 4.69) is 13.1 Å². The molecule has 1 heterocycles. The van der Waals surface area contributed by atoms with Crippen LogP contribution in [0.5, 0.6) is 0 Å². The molecule has 82 valence electrons. The second-order valence-electron chi connectivity index (χ2n) is 4.38. The molecule has 1 rings (SSSR count). The normalized spacial score (nSPS) is 28.4. The minimum Gasteiger partial charge on any atom is -0.379 e. The van der Waals surface area contributed by atoms with Gasteiger partial charge in [-0.15, -0.1) is 6.58 Å². The molecule has 0 aromatic carbocycles. The number of hydrogen-bond acceptors (Lipinski definition) is 1. The summed E-state index contributed by atoms with van der Waals surface area (Å²) in [5, 5.41) is 0.374. The molecule has 0 spiro atoms. The molecule has 0 radical (unpaired) electrons. The highest BCUT2D eigenvalue weighted by atomic mass is 28.2. The Morgan fingerprint density at radius 3 is 2.86 bits per heavy atom. The molecule has 14 heavy (non-hydrogen) atoms. The fourth-order valence-electron chi connectivity index (χ4n) is 2.30. The number of hydrogen-bond donors (Lipinski definition) is 0. The van der Waals surface area contributed by atoms with Crippen molar-refractivity contribution in [2.75, 3.05) is 6.61 Å². The zero-order valence-corrected chi connectivity index (χ0v) is 11.0. The van der Waals surface area contributed by atoms with Gasteiger partial charge in [0.2, 0.25) is 0 Å². The van der Waals surface area contributed by atoms with E-state index in [0.29, 0.717) is 5.22 Å². The van der Waals surface area contributed by atoms with Crippen molar-refractivity contribution in [3.63, 3.8) is 0 Å². The minimum atomic E-state index is -0.0209. The van der Waals surface area contributed by atoms with Crippen LogP contribution in [0.3, 0.4) is 0 Å². The first-order valence-corrected chi connectivity index (χ1v) is 8.20. The topological polar surface area (TPSA) is 9.23 Å². The maximum atomic E-state index is 6.03. The lowest BCUT2D eigenvalue weighted by atomic mass is 10.0. The summed E-state index contributed by atoms with van der Waals surface area (Å²) in [4.78, 5) is 0. The number of ether oxygens (including phenoxy) is 1. The molecule has 0 bridgehead atoms. The third-order valence-electron chi connectivity index (χ3n) is 3.37. The third-order valence-corrected chi connectivity index (χ3v) is 5.57. The smallest absolute Gasteiger partial charge is 0.0564 e. The quantitative estimate of drug-likeness (QED) is 0.374. The van der Waals surface area contributed by atoms with Crippen molar-refractivity contribution in [3.05, 3.63) is 12.7 Å². The Kier molecular flexibility index (Phi) is 5.49. The Morgan fingerprint density at radius 1 is 1.43 bits per heavy atom. The lowest BCUT2D eigenvalue weighted by Crippen LogP contribution is -2.41. The molecule has 1 aliphatic rings. The second-order valence-corrected chi connectivity index (χ2v) is 6.37. The first kappa shape index (κ1) is 12.0. The van der Waals surface area contributed by atoms with Crippen LogP contribution < -0.4 is 0 Å². The van der Waals surface area contributed by atoms with Crippen LogP contribution in [0.1, 0.15) is 44.9 Å². The van der Waals surface area contributed by atoms with Gasteiger partial charge in [0.25, 0.3) is 0 Å². The first-order valence-electron chi connectivity index (χ1n) is 6.08. The van der Waals surface area contributed by atoms with E-state index in [1.165, 1.54) is 44.9 Å². The maximum Gasteiger partial charge on any atom is 0.0564 e. The highest BCUT2D eigenvalue weighted by Gasteiger charge is 2.30. The monoisotopic (exact) mass is 212 g/mol. The fourth-order valence-corrected chi connectivity index (χ4v) is 3.85. The van der Waals surface area contributed by atoms with Gasteiger partial charge in [-0.2, -0.15) is 0 Å². The summed E-state index contributed by atoms with van der Waals surface area (Å²) in [6.07, 6.45) is 11.1. The number of unbranched alkanes of at least 4 members (excludes halogenated alkanes) is 2. The Morgan fingerprint density at radius 2 is 2.29 bits per heavy atom. The standard InChI is InChI=1S/C12H24OSi/c1-3-4-5-6-9-12(14-2)10-7-8-11-13-12/h3H,1,4-11,14H2,2H3. The van der Waals surface area contributed by atoms with Gasteiger partial charge in [0.15, 0.2) is 0 Å². The van der Waals surface area contributed by atoms with Gasteiger partial charge in [-0.25, -0.2) is 0 Å². The van der Waals surface area contributed by atoms with Crippen LogP contribution in [0.4, 0.5) is 0 Å². The van der Waals surface area contributed by atoms with Crippen molar-refractivity contribution in [1.82, 2.24) is 0 Å². The molecule has 2 heteroatoms. The molecule has 0 aromatic heterocycles. The Hall–Kier alpha value is -0.0831. The van der Waals surface area contributed by atoms with Crippen molar-refractivity contribution < 1.29 is 4.74 Å². The van der Waals surface area contributed by atoms with Gasteiger partial charge < -0.3 is 4.74 Å². The first-order chi connectivity index (χ1) is 6.83. The van der Waals surface area contributed by atoms with E-state index < -0.39 is 0 Å². The summed E-state index contributed by atoms with van der Waals surface area (Å²) in [5.74, 6) is 0. The molecule has 0 N–H and O–H groups in total. The van der Waals surface area contributed by atoms with Gasteiger partial charge in [-0.3, -0.25) is 0 Å².